The Labute approximate surface area is 169 Å². The Hall–Kier alpha value is -0.570. The molecule has 25 heavy (non-hydrogen) atoms. The molecule has 0 saturated heterocycles. The van der Waals surface area contributed by atoms with Gasteiger partial charge in [0.1, 0.15) is 0 Å². The molecule has 0 spiro atoms. The number of carbonyl (C=O) groups is 1. The summed E-state index contributed by atoms with van der Waals surface area (Å²) in [5, 5.41) is 17.1. The minimum Gasteiger partial charge on any atom is -0.388 e. The van der Waals surface area contributed by atoms with Gasteiger partial charge < -0.3 is 20.6 Å². The molecule has 0 bridgehead atoms. The summed E-state index contributed by atoms with van der Waals surface area (Å²) in [6, 6.07) is 0. The molecule has 7 heteroatoms. The third-order valence-corrected chi connectivity index (χ3v) is 5.42. The molecule has 6 nitrogen and oxygen atoms in total. The van der Waals surface area contributed by atoms with Crippen molar-refractivity contribution in [2.75, 3.05) is 33.7 Å². The Morgan fingerprint density at radius 3 is 2.16 bits per heavy atom. The summed E-state index contributed by atoms with van der Waals surface area (Å²) >= 11 is 0. The van der Waals surface area contributed by atoms with E-state index < -0.39 is 5.60 Å². The van der Waals surface area contributed by atoms with Gasteiger partial charge in [-0.25, -0.2) is 0 Å². The van der Waals surface area contributed by atoms with Crippen LogP contribution in [-0.2, 0) is 4.79 Å². The predicted octanol–water partition coefficient (Wildman–Crippen LogP) is 2.11. The van der Waals surface area contributed by atoms with E-state index in [9.17, 15) is 9.90 Å². The maximum Gasteiger partial charge on any atom is 0.230 e. The number of nitrogens with one attached hydrogen (secondary N) is 2. The molecule has 2 rings (SSSR count). The summed E-state index contributed by atoms with van der Waals surface area (Å²) in [5.74, 6) is 0.911. The zero-order valence-corrected chi connectivity index (χ0v) is 18.3. The van der Waals surface area contributed by atoms with E-state index in [-0.39, 0.29) is 35.3 Å². The summed E-state index contributed by atoms with van der Waals surface area (Å²) in [6.07, 6.45) is 7.90. The first kappa shape index (κ1) is 22.5. The fraction of sp³-hybridized carbons (Fsp3) is 0.889. The van der Waals surface area contributed by atoms with Crippen molar-refractivity contribution in [2.24, 2.45) is 10.4 Å². The van der Waals surface area contributed by atoms with E-state index in [2.05, 4.69) is 15.6 Å². The van der Waals surface area contributed by atoms with Crippen LogP contribution in [0.2, 0.25) is 0 Å². The van der Waals surface area contributed by atoms with Gasteiger partial charge in [-0.15, -0.1) is 24.0 Å². The summed E-state index contributed by atoms with van der Waals surface area (Å²) < 4.78 is 0. The Kier molecular flexibility index (Phi) is 8.94. The molecule has 0 aromatic carbocycles. The normalized spacial score (nSPS) is 21.5. The molecule has 146 valence electrons. The highest BCUT2D eigenvalue weighted by Crippen LogP contribution is 2.39. The molecule has 0 radical (unpaired) electrons. The van der Waals surface area contributed by atoms with Crippen molar-refractivity contribution >= 4 is 35.8 Å². The van der Waals surface area contributed by atoms with Gasteiger partial charge in [0.15, 0.2) is 5.96 Å². The SMILES string of the molecule is CCNC(=NCC1(O)CCCC1)NCC1(C(=O)N(C)C)CCCC1.I. The van der Waals surface area contributed by atoms with Crippen LogP contribution in [0, 0.1) is 5.41 Å². The standard InChI is InChI=1S/C18H34N4O2.HI/c1-4-19-16(21-14-18(24)11-7-8-12-18)20-13-17(9-5-6-10-17)15(23)22(2)3;/h24H,4-14H2,1-3H3,(H2,19,20,21);1H. The molecular weight excluding hydrogens is 431 g/mol. The van der Waals surface area contributed by atoms with Gasteiger partial charge in [0.25, 0.3) is 0 Å². The number of aliphatic imine (C=N–C) groups is 1. The van der Waals surface area contributed by atoms with Crippen LogP contribution in [0.3, 0.4) is 0 Å². The van der Waals surface area contributed by atoms with Gasteiger partial charge in [0.05, 0.1) is 17.6 Å². The third kappa shape index (κ3) is 5.98. The number of hydrogen-bond acceptors (Lipinski definition) is 3. The van der Waals surface area contributed by atoms with E-state index >= 15 is 0 Å². The number of halogens is 1. The third-order valence-electron chi connectivity index (χ3n) is 5.42. The first-order valence-electron chi connectivity index (χ1n) is 9.37. The minimum atomic E-state index is -0.646. The molecule has 0 unspecified atom stereocenters. The highest BCUT2D eigenvalue weighted by molar-refractivity contribution is 14.0. The summed E-state index contributed by atoms with van der Waals surface area (Å²) in [4.78, 5) is 18.9. The van der Waals surface area contributed by atoms with Crippen LogP contribution in [0.1, 0.15) is 58.3 Å². The van der Waals surface area contributed by atoms with Crippen molar-refractivity contribution < 1.29 is 9.90 Å². The highest BCUT2D eigenvalue weighted by Gasteiger charge is 2.42. The second-order valence-electron chi connectivity index (χ2n) is 7.67. The first-order chi connectivity index (χ1) is 11.4. The number of hydrogen-bond donors (Lipinski definition) is 3. The van der Waals surface area contributed by atoms with E-state index in [0.717, 1.165) is 57.9 Å². The second kappa shape index (κ2) is 9.94. The van der Waals surface area contributed by atoms with Crippen molar-refractivity contribution in [3.8, 4) is 0 Å². The molecule has 1 amide bonds. The largest absolute Gasteiger partial charge is 0.388 e. The summed E-state index contributed by atoms with van der Waals surface area (Å²) in [5.41, 5.74) is -0.962. The van der Waals surface area contributed by atoms with Crippen molar-refractivity contribution in [2.45, 2.75) is 63.9 Å². The number of aliphatic hydroxyl groups is 1. The molecule has 2 aliphatic rings. The minimum absolute atomic E-state index is 0. The van der Waals surface area contributed by atoms with Crippen molar-refractivity contribution in [1.29, 1.82) is 0 Å². The van der Waals surface area contributed by atoms with Crippen LogP contribution in [-0.4, -0.2) is 61.2 Å². The summed E-state index contributed by atoms with van der Waals surface area (Å²) in [7, 11) is 3.66. The van der Waals surface area contributed by atoms with E-state index in [4.69, 9.17) is 0 Å². The topological polar surface area (TPSA) is 77.0 Å². The predicted molar refractivity (Wildman–Crippen MR) is 112 cm³/mol. The van der Waals surface area contributed by atoms with E-state index in [1.165, 1.54) is 0 Å². The van der Waals surface area contributed by atoms with E-state index in [1.807, 2.05) is 21.0 Å². The van der Waals surface area contributed by atoms with Crippen LogP contribution in [0.25, 0.3) is 0 Å². The van der Waals surface area contributed by atoms with Gasteiger partial charge in [-0.2, -0.15) is 0 Å². The average molecular weight is 466 g/mol. The fourth-order valence-corrected chi connectivity index (χ4v) is 4.00. The molecule has 0 aromatic heterocycles. The van der Waals surface area contributed by atoms with Gasteiger partial charge in [0.2, 0.25) is 5.91 Å². The van der Waals surface area contributed by atoms with Gasteiger partial charge in [-0.1, -0.05) is 25.7 Å². The van der Waals surface area contributed by atoms with Crippen molar-refractivity contribution in [1.82, 2.24) is 15.5 Å². The number of carbonyl (C=O) groups excluding carboxylic acids is 1. The maximum atomic E-state index is 12.6. The van der Waals surface area contributed by atoms with Crippen LogP contribution < -0.4 is 10.6 Å². The molecule has 0 aromatic rings. The fourth-order valence-electron chi connectivity index (χ4n) is 4.00. The van der Waals surface area contributed by atoms with Crippen molar-refractivity contribution in [3.63, 3.8) is 0 Å². The Bertz CT molecular complexity index is 456. The average Bonchev–Trinajstić information content (AvgIpc) is 3.20. The van der Waals surface area contributed by atoms with Gasteiger partial charge in [-0.3, -0.25) is 9.79 Å². The monoisotopic (exact) mass is 466 g/mol. The zero-order chi connectivity index (χ0) is 17.6. The highest BCUT2D eigenvalue weighted by atomic mass is 127. The number of nitrogens with zero attached hydrogens (tertiary/aromatic N) is 2. The van der Waals surface area contributed by atoms with Gasteiger partial charge in [0, 0.05) is 27.2 Å². The Balaban J connectivity index is 0.00000312. The summed E-state index contributed by atoms with van der Waals surface area (Å²) in [6.45, 7) is 3.82. The molecule has 0 atom stereocenters. The lowest BCUT2D eigenvalue weighted by Gasteiger charge is -2.31. The Morgan fingerprint density at radius 1 is 1.08 bits per heavy atom. The zero-order valence-electron chi connectivity index (χ0n) is 15.9. The Morgan fingerprint density at radius 2 is 1.64 bits per heavy atom. The van der Waals surface area contributed by atoms with Gasteiger partial charge >= 0.3 is 0 Å². The van der Waals surface area contributed by atoms with Gasteiger partial charge in [-0.05, 0) is 32.6 Å². The lowest BCUT2D eigenvalue weighted by molar-refractivity contribution is -0.138. The second-order valence-corrected chi connectivity index (χ2v) is 7.67. The van der Waals surface area contributed by atoms with Crippen LogP contribution in [0.15, 0.2) is 4.99 Å². The lowest BCUT2D eigenvalue weighted by atomic mass is 9.84. The lowest BCUT2D eigenvalue weighted by Crippen LogP contribution is -2.49. The quantitative estimate of drug-likeness (QED) is 0.319. The molecule has 0 heterocycles. The molecule has 2 aliphatic carbocycles. The maximum absolute atomic E-state index is 12.6. The van der Waals surface area contributed by atoms with Crippen LogP contribution in [0.5, 0.6) is 0 Å². The van der Waals surface area contributed by atoms with Crippen LogP contribution in [0.4, 0.5) is 0 Å². The number of rotatable bonds is 6. The van der Waals surface area contributed by atoms with Crippen LogP contribution >= 0.6 is 24.0 Å². The molecule has 0 aliphatic heterocycles. The molecule has 2 saturated carbocycles. The van der Waals surface area contributed by atoms with Crippen molar-refractivity contribution in [3.05, 3.63) is 0 Å². The first-order valence-corrected chi connectivity index (χ1v) is 9.37. The molecule has 2 fully saturated rings. The molecule has 3 N–H and O–H groups in total. The smallest absolute Gasteiger partial charge is 0.230 e. The number of amides is 1. The van der Waals surface area contributed by atoms with E-state index in [0.29, 0.717) is 19.0 Å². The number of guanidine groups is 1. The molecular formula is C18H35IN4O2. The van der Waals surface area contributed by atoms with E-state index in [1.54, 1.807) is 4.90 Å².